The highest BCUT2D eigenvalue weighted by molar-refractivity contribution is 7.99. The van der Waals surface area contributed by atoms with Crippen molar-refractivity contribution in [3.8, 4) is 11.4 Å². The van der Waals surface area contributed by atoms with Gasteiger partial charge in [-0.15, -0.1) is 10.2 Å². The molecule has 8 heteroatoms. The van der Waals surface area contributed by atoms with E-state index in [0.29, 0.717) is 29.8 Å². The van der Waals surface area contributed by atoms with E-state index >= 15 is 0 Å². The molecule has 1 aliphatic rings. The molecule has 0 bridgehead atoms. The summed E-state index contributed by atoms with van der Waals surface area (Å²) in [4.78, 5) is 12.1. The van der Waals surface area contributed by atoms with E-state index < -0.39 is 0 Å². The Bertz CT molecular complexity index is 758. The Kier molecular flexibility index (Phi) is 7.15. The first-order chi connectivity index (χ1) is 13.0. The van der Waals surface area contributed by atoms with Gasteiger partial charge in [0, 0.05) is 23.7 Å². The van der Waals surface area contributed by atoms with Crippen LogP contribution in [0.5, 0.6) is 0 Å². The number of hydrogen-bond acceptors (Lipinski definition) is 5. The molecule has 0 radical (unpaired) electrons. The van der Waals surface area contributed by atoms with Gasteiger partial charge in [-0.3, -0.25) is 9.36 Å². The number of halogens is 1. The van der Waals surface area contributed by atoms with E-state index in [0.717, 1.165) is 36.0 Å². The molecule has 1 saturated heterocycles. The number of nitrogens with one attached hydrogen (secondary N) is 1. The molecule has 1 aromatic carbocycles. The molecule has 1 fully saturated rings. The molecule has 1 aromatic heterocycles. The number of thioether (sulfide) groups is 1. The van der Waals surface area contributed by atoms with Crippen LogP contribution in [0.1, 0.15) is 26.7 Å². The molecule has 2 heterocycles. The van der Waals surface area contributed by atoms with Gasteiger partial charge in [0.2, 0.25) is 5.91 Å². The predicted molar refractivity (Wildman–Crippen MR) is 108 cm³/mol. The molecule has 0 unspecified atom stereocenters. The minimum Gasteiger partial charge on any atom is -0.376 e. The van der Waals surface area contributed by atoms with E-state index in [1.54, 1.807) is 0 Å². The molecular weight excluding hydrogens is 384 g/mol. The molecule has 2 aromatic rings. The van der Waals surface area contributed by atoms with Crippen LogP contribution in [0.3, 0.4) is 0 Å². The van der Waals surface area contributed by atoms with Crippen molar-refractivity contribution in [1.29, 1.82) is 0 Å². The monoisotopic (exact) mass is 408 g/mol. The molecule has 0 aliphatic carbocycles. The topological polar surface area (TPSA) is 69.0 Å². The van der Waals surface area contributed by atoms with Gasteiger partial charge in [0.15, 0.2) is 11.0 Å². The smallest absolute Gasteiger partial charge is 0.230 e. The number of nitrogens with zero attached hydrogens (tertiary/aromatic N) is 3. The zero-order valence-electron chi connectivity index (χ0n) is 15.7. The fourth-order valence-corrected chi connectivity index (χ4v) is 3.77. The van der Waals surface area contributed by atoms with Crippen LogP contribution in [0.25, 0.3) is 11.4 Å². The Labute approximate surface area is 169 Å². The van der Waals surface area contributed by atoms with Crippen LogP contribution < -0.4 is 5.32 Å². The third-order valence-electron chi connectivity index (χ3n) is 4.27. The molecular formula is C19H25ClN4O2S. The SMILES string of the molecule is CC(C)CNC(=O)CSc1nnc(-c2ccc(Cl)cc2)n1C[C@@H]1CCCO1. The van der Waals surface area contributed by atoms with Crippen molar-refractivity contribution in [2.75, 3.05) is 18.9 Å². The number of hydrogen-bond donors (Lipinski definition) is 1. The van der Waals surface area contributed by atoms with E-state index in [2.05, 4.69) is 33.9 Å². The highest BCUT2D eigenvalue weighted by Gasteiger charge is 2.22. The summed E-state index contributed by atoms with van der Waals surface area (Å²) in [6.45, 7) is 6.30. The van der Waals surface area contributed by atoms with Gasteiger partial charge in [-0.2, -0.15) is 0 Å². The van der Waals surface area contributed by atoms with Gasteiger partial charge in [0.25, 0.3) is 0 Å². The Morgan fingerprint density at radius 1 is 1.37 bits per heavy atom. The number of ether oxygens (including phenoxy) is 1. The summed E-state index contributed by atoms with van der Waals surface area (Å²) in [5.74, 6) is 1.52. The zero-order valence-corrected chi connectivity index (χ0v) is 17.2. The second kappa shape index (κ2) is 9.57. The molecule has 6 nitrogen and oxygen atoms in total. The third kappa shape index (κ3) is 5.70. The van der Waals surface area contributed by atoms with Gasteiger partial charge in [-0.1, -0.05) is 37.2 Å². The second-order valence-corrected chi connectivity index (χ2v) is 8.42. The maximum atomic E-state index is 12.1. The van der Waals surface area contributed by atoms with Crippen LogP contribution in [-0.4, -0.2) is 45.7 Å². The Morgan fingerprint density at radius 3 is 2.81 bits per heavy atom. The molecule has 27 heavy (non-hydrogen) atoms. The summed E-state index contributed by atoms with van der Waals surface area (Å²) >= 11 is 7.41. The maximum Gasteiger partial charge on any atom is 0.230 e. The highest BCUT2D eigenvalue weighted by atomic mass is 35.5. The summed E-state index contributed by atoms with van der Waals surface area (Å²) in [6.07, 6.45) is 2.25. The fraction of sp³-hybridized carbons (Fsp3) is 0.526. The van der Waals surface area contributed by atoms with E-state index in [-0.39, 0.29) is 12.0 Å². The lowest BCUT2D eigenvalue weighted by Gasteiger charge is -2.15. The minimum absolute atomic E-state index is 0.00779. The van der Waals surface area contributed by atoms with E-state index in [9.17, 15) is 4.79 Å². The summed E-state index contributed by atoms with van der Waals surface area (Å²) in [5, 5.41) is 13.0. The summed E-state index contributed by atoms with van der Waals surface area (Å²) < 4.78 is 7.85. The normalized spacial score (nSPS) is 16.8. The Balaban J connectivity index is 1.76. The maximum absolute atomic E-state index is 12.1. The van der Waals surface area contributed by atoms with Gasteiger partial charge in [-0.05, 0) is 43.0 Å². The molecule has 1 amide bonds. The van der Waals surface area contributed by atoms with Crippen LogP contribution in [0, 0.1) is 5.92 Å². The van der Waals surface area contributed by atoms with Gasteiger partial charge in [0.05, 0.1) is 18.4 Å². The van der Waals surface area contributed by atoms with E-state index in [4.69, 9.17) is 16.3 Å². The molecule has 146 valence electrons. The van der Waals surface area contributed by atoms with Crippen molar-refractivity contribution in [1.82, 2.24) is 20.1 Å². The first kappa shape index (κ1) is 20.2. The average molecular weight is 409 g/mol. The lowest BCUT2D eigenvalue weighted by Crippen LogP contribution is -2.29. The molecule has 0 spiro atoms. The van der Waals surface area contributed by atoms with Crippen molar-refractivity contribution in [2.24, 2.45) is 5.92 Å². The van der Waals surface area contributed by atoms with Crippen molar-refractivity contribution >= 4 is 29.3 Å². The largest absolute Gasteiger partial charge is 0.376 e. The van der Waals surface area contributed by atoms with Gasteiger partial charge in [-0.25, -0.2) is 0 Å². The number of benzene rings is 1. The number of rotatable bonds is 8. The minimum atomic E-state index is 0.00779. The van der Waals surface area contributed by atoms with Crippen LogP contribution in [-0.2, 0) is 16.1 Å². The molecule has 1 aliphatic heterocycles. The van der Waals surface area contributed by atoms with Gasteiger partial charge < -0.3 is 10.1 Å². The number of carbonyl (C=O) groups excluding carboxylic acids is 1. The number of aromatic nitrogens is 3. The van der Waals surface area contributed by atoms with E-state index in [1.165, 1.54) is 11.8 Å². The average Bonchev–Trinajstić information content (AvgIpc) is 3.29. The molecule has 0 saturated carbocycles. The number of carbonyl (C=O) groups is 1. The summed E-state index contributed by atoms with van der Waals surface area (Å²) in [5.41, 5.74) is 0.945. The van der Waals surface area contributed by atoms with Crippen molar-refractivity contribution in [3.63, 3.8) is 0 Å². The van der Waals surface area contributed by atoms with Crippen LogP contribution in [0.2, 0.25) is 5.02 Å². The van der Waals surface area contributed by atoms with Crippen LogP contribution >= 0.6 is 23.4 Å². The quantitative estimate of drug-likeness (QED) is 0.675. The lowest BCUT2D eigenvalue weighted by atomic mass is 10.2. The van der Waals surface area contributed by atoms with Gasteiger partial charge >= 0.3 is 0 Å². The molecule has 1 atom stereocenters. The lowest BCUT2D eigenvalue weighted by molar-refractivity contribution is -0.118. The van der Waals surface area contributed by atoms with Crippen molar-refractivity contribution < 1.29 is 9.53 Å². The van der Waals surface area contributed by atoms with Crippen molar-refractivity contribution in [2.45, 2.75) is 44.5 Å². The Morgan fingerprint density at radius 2 is 2.15 bits per heavy atom. The summed E-state index contributed by atoms with van der Waals surface area (Å²) in [6, 6.07) is 7.55. The Hall–Kier alpha value is -1.57. The zero-order chi connectivity index (χ0) is 19.2. The molecule has 3 rings (SSSR count). The van der Waals surface area contributed by atoms with E-state index in [1.807, 2.05) is 24.3 Å². The fourth-order valence-electron chi connectivity index (χ4n) is 2.86. The van der Waals surface area contributed by atoms with Crippen LogP contribution in [0.15, 0.2) is 29.4 Å². The predicted octanol–water partition coefficient (Wildman–Crippen LogP) is 3.64. The standard InChI is InChI=1S/C19H25ClN4O2S/c1-13(2)10-21-17(25)12-27-19-23-22-18(14-5-7-15(20)8-6-14)24(19)11-16-4-3-9-26-16/h5-8,13,16H,3-4,9-12H2,1-2H3,(H,21,25)/t16-/m0/s1. The first-order valence-electron chi connectivity index (χ1n) is 9.23. The summed E-state index contributed by atoms with van der Waals surface area (Å²) in [7, 11) is 0. The third-order valence-corrected chi connectivity index (χ3v) is 5.49. The highest BCUT2D eigenvalue weighted by Crippen LogP contribution is 2.27. The van der Waals surface area contributed by atoms with Crippen LogP contribution in [0.4, 0.5) is 0 Å². The van der Waals surface area contributed by atoms with Gasteiger partial charge in [0.1, 0.15) is 0 Å². The number of amides is 1. The molecule has 1 N–H and O–H groups in total. The first-order valence-corrected chi connectivity index (χ1v) is 10.6. The van der Waals surface area contributed by atoms with Crippen molar-refractivity contribution in [3.05, 3.63) is 29.3 Å². The second-order valence-electron chi connectivity index (χ2n) is 7.05.